The summed E-state index contributed by atoms with van der Waals surface area (Å²) in [5, 5.41) is 0. The molecule has 0 bridgehead atoms. The molecule has 1 aromatic carbocycles. The van der Waals surface area contributed by atoms with Crippen LogP contribution in [0.4, 0.5) is 0 Å². The summed E-state index contributed by atoms with van der Waals surface area (Å²) in [6.45, 7) is 6.41. The second-order valence-electron chi connectivity index (χ2n) is 5.76. The number of rotatable bonds is 5. The molecule has 1 aromatic rings. The Morgan fingerprint density at radius 1 is 1.16 bits per heavy atom. The van der Waals surface area contributed by atoms with Gasteiger partial charge in [0.15, 0.2) is 5.78 Å². The fourth-order valence-corrected chi connectivity index (χ4v) is 2.96. The molecule has 0 N–H and O–H groups in total. The maximum atomic E-state index is 12.7. The van der Waals surface area contributed by atoms with Crippen LogP contribution in [-0.4, -0.2) is 29.3 Å². The predicted octanol–water partition coefficient (Wildman–Crippen LogP) is 3.45. The number of piperidine rings is 1. The van der Waals surface area contributed by atoms with Crippen LogP contribution in [0.5, 0.6) is 0 Å². The number of carbonyl (C=O) groups is 1. The summed E-state index contributed by atoms with van der Waals surface area (Å²) in [7, 11) is 0. The van der Waals surface area contributed by atoms with Crippen molar-refractivity contribution >= 4 is 5.78 Å². The highest BCUT2D eigenvalue weighted by Gasteiger charge is 2.37. The van der Waals surface area contributed by atoms with Gasteiger partial charge in [-0.05, 0) is 44.8 Å². The number of hydrogen-bond donors (Lipinski definition) is 0. The number of ketones is 1. The number of Topliss-reactive ketones (excluding diaryl/α,β-unsaturated/α-hetero) is 1. The molecule has 1 atom stereocenters. The average Bonchev–Trinajstić information content (AvgIpc) is 2.48. The Morgan fingerprint density at radius 3 is 2.37 bits per heavy atom. The van der Waals surface area contributed by atoms with E-state index in [1.807, 2.05) is 30.3 Å². The first-order chi connectivity index (χ1) is 9.16. The molecule has 0 saturated carbocycles. The average molecular weight is 259 g/mol. The van der Waals surface area contributed by atoms with Crippen molar-refractivity contribution in [2.45, 2.75) is 51.5 Å². The summed E-state index contributed by atoms with van der Waals surface area (Å²) in [5.41, 5.74) is 0.847. The molecule has 0 amide bonds. The van der Waals surface area contributed by atoms with Gasteiger partial charge < -0.3 is 0 Å². The third-order valence-electron chi connectivity index (χ3n) is 4.55. The first-order valence-electron chi connectivity index (χ1n) is 7.49. The molecule has 0 aliphatic carbocycles. The van der Waals surface area contributed by atoms with Crippen molar-refractivity contribution in [3.63, 3.8) is 0 Å². The van der Waals surface area contributed by atoms with E-state index in [0.717, 1.165) is 25.1 Å². The van der Waals surface area contributed by atoms with Crippen molar-refractivity contribution in [1.82, 2.24) is 4.90 Å². The fourth-order valence-electron chi connectivity index (χ4n) is 2.96. The van der Waals surface area contributed by atoms with E-state index < -0.39 is 0 Å². The predicted molar refractivity (Wildman–Crippen MR) is 79.3 cm³/mol. The molecule has 2 rings (SSSR count). The molecule has 1 unspecified atom stereocenters. The largest absolute Gasteiger partial charge is 0.297 e. The molecule has 1 aliphatic rings. The molecule has 1 aliphatic heterocycles. The lowest BCUT2D eigenvalue weighted by Gasteiger charge is -2.42. The first kappa shape index (κ1) is 14.3. The molecule has 1 heterocycles. The van der Waals surface area contributed by atoms with Gasteiger partial charge in [0.05, 0.1) is 5.54 Å². The standard InChI is InChI=1S/C17H25NO/c1-3-17(2,18-12-8-5-9-13-18)16(19)14-15-10-6-4-7-11-15/h4,6-7,10-11H,3,5,8-9,12-14H2,1-2H3. The van der Waals surface area contributed by atoms with Crippen molar-refractivity contribution in [3.05, 3.63) is 35.9 Å². The van der Waals surface area contributed by atoms with Crippen molar-refractivity contribution in [3.8, 4) is 0 Å². The van der Waals surface area contributed by atoms with E-state index in [1.54, 1.807) is 0 Å². The van der Waals surface area contributed by atoms with Gasteiger partial charge in [0.1, 0.15) is 0 Å². The molecule has 0 spiro atoms. The third kappa shape index (κ3) is 3.24. The summed E-state index contributed by atoms with van der Waals surface area (Å²) in [6.07, 6.45) is 5.23. The zero-order valence-electron chi connectivity index (χ0n) is 12.2. The van der Waals surface area contributed by atoms with Crippen LogP contribution < -0.4 is 0 Å². The molecule has 0 radical (unpaired) electrons. The highest BCUT2D eigenvalue weighted by atomic mass is 16.1. The highest BCUT2D eigenvalue weighted by molar-refractivity contribution is 5.89. The van der Waals surface area contributed by atoms with Gasteiger partial charge in [-0.3, -0.25) is 9.69 Å². The molecule has 19 heavy (non-hydrogen) atoms. The SMILES string of the molecule is CCC(C)(C(=O)Cc1ccccc1)N1CCCCC1. The van der Waals surface area contributed by atoms with Crippen molar-refractivity contribution < 1.29 is 4.79 Å². The van der Waals surface area contributed by atoms with Crippen LogP contribution in [0, 0.1) is 0 Å². The van der Waals surface area contributed by atoms with Crippen LogP contribution in [0.1, 0.15) is 45.1 Å². The van der Waals surface area contributed by atoms with E-state index in [-0.39, 0.29) is 5.54 Å². The molecular weight excluding hydrogens is 234 g/mol. The van der Waals surface area contributed by atoms with Gasteiger partial charge in [-0.15, -0.1) is 0 Å². The molecule has 2 nitrogen and oxygen atoms in total. The summed E-state index contributed by atoms with van der Waals surface area (Å²) in [4.78, 5) is 15.1. The molecule has 0 aromatic heterocycles. The van der Waals surface area contributed by atoms with Gasteiger partial charge in [0.2, 0.25) is 0 Å². The summed E-state index contributed by atoms with van der Waals surface area (Å²) in [6, 6.07) is 10.1. The summed E-state index contributed by atoms with van der Waals surface area (Å²) >= 11 is 0. The Labute approximate surface area is 116 Å². The first-order valence-corrected chi connectivity index (χ1v) is 7.49. The molecule has 104 valence electrons. The zero-order valence-corrected chi connectivity index (χ0v) is 12.2. The third-order valence-corrected chi connectivity index (χ3v) is 4.55. The summed E-state index contributed by atoms with van der Waals surface area (Å²) in [5.74, 6) is 0.364. The smallest absolute Gasteiger partial charge is 0.157 e. The van der Waals surface area contributed by atoms with Gasteiger partial charge in [-0.25, -0.2) is 0 Å². The fraction of sp³-hybridized carbons (Fsp3) is 0.588. The Hall–Kier alpha value is -1.15. The van der Waals surface area contributed by atoms with Crippen molar-refractivity contribution in [1.29, 1.82) is 0 Å². The van der Waals surface area contributed by atoms with Crippen molar-refractivity contribution in [2.75, 3.05) is 13.1 Å². The lowest BCUT2D eigenvalue weighted by atomic mass is 9.86. The minimum atomic E-state index is -0.281. The molecule has 1 saturated heterocycles. The van der Waals surface area contributed by atoms with Crippen LogP contribution in [0.2, 0.25) is 0 Å². The Balaban J connectivity index is 2.09. The van der Waals surface area contributed by atoms with E-state index in [2.05, 4.69) is 18.7 Å². The number of carbonyl (C=O) groups excluding carboxylic acids is 1. The van der Waals surface area contributed by atoms with E-state index >= 15 is 0 Å². The highest BCUT2D eigenvalue weighted by Crippen LogP contribution is 2.26. The van der Waals surface area contributed by atoms with Gasteiger partial charge in [0, 0.05) is 6.42 Å². The minimum absolute atomic E-state index is 0.281. The van der Waals surface area contributed by atoms with Gasteiger partial charge >= 0.3 is 0 Å². The van der Waals surface area contributed by atoms with Crippen LogP contribution in [0.25, 0.3) is 0 Å². The van der Waals surface area contributed by atoms with Gasteiger partial charge in [-0.2, -0.15) is 0 Å². The Morgan fingerprint density at radius 2 is 1.79 bits per heavy atom. The van der Waals surface area contributed by atoms with Crippen LogP contribution in [-0.2, 0) is 11.2 Å². The number of hydrogen-bond acceptors (Lipinski definition) is 2. The van der Waals surface area contributed by atoms with Gasteiger partial charge in [-0.1, -0.05) is 43.7 Å². The van der Waals surface area contributed by atoms with Crippen LogP contribution in [0.3, 0.4) is 0 Å². The lowest BCUT2D eigenvalue weighted by molar-refractivity contribution is -0.130. The van der Waals surface area contributed by atoms with Crippen LogP contribution >= 0.6 is 0 Å². The van der Waals surface area contributed by atoms with Crippen molar-refractivity contribution in [2.24, 2.45) is 0 Å². The normalized spacial score (nSPS) is 19.9. The zero-order chi connectivity index (χ0) is 13.7. The number of benzene rings is 1. The lowest BCUT2D eigenvalue weighted by Crippen LogP contribution is -2.54. The second kappa shape index (κ2) is 6.33. The molecular formula is C17H25NO. The quantitative estimate of drug-likeness (QED) is 0.807. The maximum Gasteiger partial charge on any atom is 0.157 e. The van der Waals surface area contributed by atoms with Crippen LogP contribution in [0.15, 0.2) is 30.3 Å². The Kier molecular flexibility index (Phi) is 4.76. The Bertz CT molecular complexity index is 409. The molecule has 1 fully saturated rings. The topological polar surface area (TPSA) is 20.3 Å². The van der Waals surface area contributed by atoms with Gasteiger partial charge in [0.25, 0.3) is 0 Å². The minimum Gasteiger partial charge on any atom is -0.297 e. The maximum absolute atomic E-state index is 12.7. The second-order valence-corrected chi connectivity index (χ2v) is 5.76. The van der Waals surface area contributed by atoms with E-state index in [4.69, 9.17) is 0 Å². The number of likely N-dealkylation sites (tertiary alicyclic amines) is 1. The van der Waals surface area contributed by atoms with E-state index in [0.29, 0.717) is 12.2 Å². The molecule has 2 heteroatoms. The summed E-state index contributed by atoms with van der Waals surface area (Å²) < 4.78 is 0. The number of nitrogens with zero attached hydrogens (tertiary/aromatic N) is 1. The van der Waals surface area contributed by atoms with E-state index in [9.17, 15) is 4.79 Å². The monoisotopic (exact) mass is 259 g/mol. The van der Waals surface area contributed by atoms with E-state index in [1.165, 1.54) is 19.3 Å².